The van der Waals surface area contributed by atoms with Crippen LogP contribution in [-0.4, -0.2) is 29.8 Å². The van der Waals surface area contributed by atoms with Gasteiger partial charge in [0.25, 0.3) is 0 Å². The Hall–Kier alpha value is -1.70. The molecule has 0 saturated carbocycles. The third kappa shape index (κ3) is 7.03. The van der Waals surface area contributed by atoms with E-state index in [0.717, 1.165) is 6.42 Å². The second-order valence-corrected chi connectivity index (χ2v) is 6.73. The number of carboxylic acids is 1. The Kier molecular flexibility index (Phi) is 6.57. The Morgan fingerprint density at radius 1 is 1.30 bits per heavy atom. The largest absolute Gasteiger partial charge is 0.480 e. The summed E-state index contributed by atoms with van der Waals surface area (Å²) in [6, 6.07) is -0.996. The van der Waals surface area contributed by atoms with E-state index in [0.29, 0.717) is 6.42 Å². The van der Waals surface area contributed by atoms with E-state index < -0.39 is 23.5 Å². The molecule has 0 aliphatic heterocycles. The van der Waals surface area contributed by atoms with Gasteiger partial charge in [-0.15, -0.1) is 12.3 Å². The molecule has 114 valence electrons. The number of alkyl carbamates (subject to hydrolysis) is 1. The number of carboxylic acid groups (broad SMARTS) is 1. The van der Waals surface area contributed by atoms with Crippen LogP contribution in [0.4, 0.5) is 4.79 Å². The zero-order valence-electron chi connectivity index (χ0n) is 12.9. The highest BCUT2D eigenvalue weighted by Crippen LogP contribution is 2.23. The Morgan fingerprint density at radius 2 is 1.85 bits per heavy atom. The topological polar surface area (TPSA) is 75.6 Å². The maximum Gasteiger partial charge on any atom is 0.407 e. The number of nitrogens with one attached hydrogen (secondary N) is 1. The number of aliphatic carboxylic acids is 1. The molecule has 0 aliphatic carbocycles. The van der Waals surface area contributed by atoms with Crippen LogP contribution in [0.1, 0.15) is 47.5 Å². The summed E-state index contributed by atoms with van der Waals surface area (Å²) in [6.45, 7) is 9.29. The fraction of sp³-hybridized carbons (Fsp3) is 0.733. The van der Waals surface area contributed by atoms with Crippen LogP contribution in [0.2, 0.25) is 0 Å². The fourth-order valence-electron chi connectivity index (χ4n) is 1.55. The lowest BCUT2D eigenvalue weighted by Gasteiger charge is -2.28. The van der Waals surface area contributed by atoms with E-state index in [2.05, 4.69) is 11.2 Å². The number of hydrogen-bond donors (Lipinski definition) is 2. The zero-order chi connectivity index (χ0) is 16.0. The third-order valence-corrected chi connectivity index (χ3v) is 2.92. The second-order valence-electron chi connectivity index (χ2n) is 6.73. The van der Waals surface area contributed by atoms with Crippen molar-refractivity contribution in [3.63, 3.8) is 0 Å². The number of amides is 1. The van der Waals surface area contributed by atoms with E-state index >= 15 is 0 Å². The first kappa shape index (κ1) is 18.3. The highest BCUT2D eigenvalue weighted by molar-refractivity contribution is 5.80. The maximum absolute atomic E-state index is 11.7. The summed E-state index contributed by atoms with van der Waals surface area (Å²) < 4.78 is 5.10. The van der Waals surface area contributed by atoms with E-state index in [4.69, 9.17) is 16.3 Å². The molecule has 0 aromatic rings. The number of terminal acetylenes is 1. The average Bonchev–Trinajstić information content (AvgIpc) is 2.29. The highest BCUT2D eigenvalue weighted by atomic mass is 16.5. The van der Waals surface area contributed by atoms with Gasteiger partial charge in [-0.05, 0) is 17.3 Å². The van der Waals surface area contributed by atoms with Gasteiger partial charge in [0.15, 0.2) is 0 Å². The summed E-state index contributed by atoms with van der Waals surface area (Å²) in [4.78, 5) is 22.8. The first-order chi connectivity index (χ1) is 8.99. The van der Waals surface area contributed by atoms with E-state index in [1.165, 1.54) is 0 Å². The van der Waals surface area contributed by atoms with Crippen molar-refractivity contribution in [2.45, 2.75) is 53.5 Å². The molecular weight excluding hydrogens is 258 g/mol. The van der Waals surface area contributed by atoms with Gasteiger partial charge in [0, 0.05) is 6.42 Å². The third-order valence-electron chi connectivity index (χ3n) is 2.92. The predicted octanol–water partition coefficient (Wildman–Crippen LogP) is 2.65. The molecule has 0 spiro atoms. The van der Waals surface area contributed by atoms with Crippen LogP contribution >= 0.6 is 0 Å². The van der Waals surface area contributed by atoms with Crippen LogP contribution in [0.15, 0.2) is 0 Å². The lowest BCUT2D eigenvalue weighted by atomic mass is 9.87. The van der Waals surface area contributed by atoms with Crippen LogP contribution in [0, 0.1) is 23.2 Å². The molecule has 0 aliphatic rings. The summed E-state index contributed by atoms with van der Waals surface area (Å²) in [5.41, 5.74) is -0.825. The van der Waals surface area contributed by atoms with E-state index in [1.54, 1.807) is 20.8 Å². The fourth-order valence-corrected chi connectivity index (χ4v) is 1.55. The molecule has 1 unspecified atom stereocenters. The van der Waals surface area contributed by atoms with Gasteiger partial charge in [0.2, 0.25) is 0 Å². The summed E-state index contributed by atoms with van der Waals surface area (Å²) in [5.74, 6) is 1.46. The normalized spacial score (nSPS) is 13.2. The first-order valence-corrected chi connectivity index (χ1v) is 6.59. The lowest BCUT2D eigenvalue weighted by Crippen LogP contribution is -2.49. The van der Waals surface area contributed by atoms with Crippen LogP contribution in [0.5, 0.6) is 0 Å². The van der Waals surface area contributed by atoms with E-state index in [1.807, 2.05) is 13.8 Å². The monoisotopic (exact) mass is 283 g/mol. The predicted molar refractivity (Wildman–Crippen MR) is 77.2 cm³/mol. The minimum absolute atomic E-state index is 0.191. The molecule has 0 aromatic heterocycles. The Morgan fingerprint density at radius 3 is 2.25 bits per heavy atom. The molecule has 20 heavy (non-hydrogen) atoms. The number of rotatable bonds is 6. The van der Waals surface area contributed by atoms with Gasteiger partial charge in [-0.1, -0.05) is 34.6 Å². The molecule has 0 rings (SSSR count). The Balaban J connectivity index is 4.42. The van der Waals surface area contributed by atoms with Crippen molar-refractivity contribution in [1.82, 2.24) is 5.32 Å². The van der Waals surface area contributed by atoms with Crippen molar-refractivity contribution >= 4 is 12.1 Å². The molecule has 0 bridgehead atoms. The zero-order valence-corrected chi connectivity index (χ0v) is 12.9. The van der Waals surface area contributed by atoms with Crippen LogP contribution in [0.25, 0.3) is 0 Å². The van der Waals surface area contributed by atoms with Crippen molar-refractivity contribution < 1.29 is 19.4 Å². The first-order valence-electron chi connectivity index (χ1n) is 6.59. The molecule has 1 atom stereocenters. The molecule has 0 fully saturated rings. The van der Waals surface area contributed by atoms with Gasteiger partial charge in [0.1, 0.15) is 6.04 Å². The van der Waals surface area contributed by atoms with E-state index in [-0.39, 0.29) is 12.0 Å². The quantitative estimate of drug-likeness (QED) is 0.735. The molecule has 0 aromatic carbocycles. The molecular formula is C15H25NO4. The van der Waals surface area contributed by atoms with Crippen LogP contribution in [-0.2, 0) is 9.53 Å². The number of carbonyl (C=O) groups is 2. The van der Waals surface area contributed by atoms with Gasteiger partial charge in [0.05, 0.1) is 6.61 Å². The average molecular weight is 283 g/mol. The van der Waals surface area contributed by atoms with Gasteiger partial charge in [-0.3, -0.25) is 0 Å². The van der Waals surface area contributed by atoms with Gasteiger partial charge >= 0.3 is 12.1 Å². The van der Waals surface area contributed by atoms with Crippen molar-refractivity contribution in [2.75, 3.05) is 6.61 Å². The minimum Gasteiger partial charge on any atom is -0.480 e. The van der Waals surface area contributed by atoms with Crippen LogP contribution in [0.3, 0.4) is 0 Å². The van der Waals surface area contributed by atoms with Crippen molar-refractivity contribution in [3.8, 4) is 12.3 Å². The molecule has 0 radical (unpaired) electrons. The Bertz CT molecular complexity index is 388. The van der Waals surface area contributed by atoms with Crippen LogP contribution < -0.4 is 5.32 Å². The second kappa shape index (κ2) is 7.18. The molecule has 0 saturated heterocycles. The summed E-state index contributed by atoms with van der Waals surface area (Å²) in [5, 5.41) is 11.5. The lowest BCUT2D eigenvalue weighted by molar-refractivity contribution is -0.142. The summed E-state index contributed by atoms with van der Waals surface area (Å²) >= 11 is 0. The van der Waals surface area contributed by atoms with Gasteiger partial charge in [-0.2, -0.15) is 0 Å². The highest BCUT2D eigenvalue weighted by Gasteiger charge is 2.33. The number of carbonyl (C=O) groups excluding carboxylic acids is 1. The Labute approximate surface area is 121 Å². The summed E-state index contributed by atoms with van der Waals surface area (Å²) in [6.07, 6.45) is 5.83. The van der Waals surface area contributed by atoms with E-state index in [9.17, 15) is 9.59 Å². The van der Waals surface area contributed by atoms with Crippen molar-refractivity contribution in [2.24, 2.45) is 10.8 Å². The molecule has 5 heteroatoms. The van der Waals surface area contributed by atoms with Crippen molar-refractivity contribution in [1.29, 1.82) is 0 Å². The molecule has 0 heterocycles. The summed E-state index contributed by atoms with van der Waals surface area (Å²) in [7, 11) is 0. The van der Waals surface area contributed by atoms with Crippen molar-refractivity contribution in [3.05, 3.63) is 0 Å². The molecule has 1 amide bonds. The smallest absolute Gasteiger partial charge is 0.407 e. The number of ether oxygens (including phenoxy) is 1. The standard InChI is InChI=1S/C15H25NO4/c1-7-8-9-15(5,6)10-20-13(19)16-11(12(17)18)14(2,3)4/h1,11H,8-10H2,2-6H3,(H,16,19)(H,17,18). The molecule has 2 N–H and O–H groups in total. The SMILES string of the molecule is C#CCCC(C)(C)COC(=O)NC(C(=O)O)C(C)(C)C. The van der Waals surface area contributed by atoms with Gasteiger partial charge in [-0.25, -0.2) is 9.59 Å². The molecule has 5 nitrogen and oxygen atoms in total. The van der Waals surface area contributed by atoms with Gasteiger partial charge < -0.3 is 15.2 Å². The minimum atomic E-state index is -1.08. The maximum atomic E-state index is 11.7. The number of hydrogen-bond acceptors (Lipinski definition) is 3.